The lowest BCUT2D eigenvalue weighted by atomic mass is 9.56. The molecule has 2 fully saturated rings. The lowest BCUT2D eigenvalue weighted by molar-refractivity contribution is -0.0373. The third-order valence-corrected chi connectivity index (χ3v) is 4.56. The summed E-state index contributed by atoms with van der Waals surface area (Å²) in [7, 11) is 0. The summed E-state index contributed by atoms with van der Waals surface area (Å²) in [6.45, 7) is 2.83. The number of hydrogen-bond donors (Lipinski definition) is 1. The Hall–Kier alpha value is -0.0400. The van der Waals surface area contributed by atoms with Crippen LogP contribution in [0, 0.1) is 17.3 Å². The Bertz CT molecular complexity index is 174. The smallest absolute Gasteiger partial charge is 0.0490 e. The van der Waals surface area contributed by atoms with Crippen LogP contribution in [0.1, 0.15) is 51.9 Å². The van der Waals surface area contributed by atoms with E-state index in [-0.39, 0.29) is 0 Å². The van der Waals surface area contributed by atoms with E-state index in [1.807, 2.05) is 0 Å². The van der Waals surface area contributed by atoms with Gasteiger partial charge in [-0.3, -0.25) is 0 Å². The Kier molecular flexibility index (Phi) is 2.64. The van der Waals surface area contributed by atoms with Crippen molar-refractivity contribution in [2.45, 2.75) is 51.9 Å². The van der Waals surface area contributed by atoms with Crippen LogP contribution in [0.4, 0.5) is 0 Å². The fourth-order valence-electron chi connectivity index (χ4n) is 3.78. The normalized spacial score (nSPS) is 45.7. The first-order valence-electron chi connectivity index (χ1n) is 5.89. The highest BCUT2D eigenvalue weighted by Crippen LogP contribution is 2.52. The highest BCUT2D eigenvalue weighted by molar-refractivity contribution is 4.94. The Morgan fingerprint density at radius 3 is 2.62 bits per heavy atom. The summed E-state index contributed by atoms with van der Waals surface area (Å²) in [6.07, 6.45) is 9.45. The fourth-order valence-corrected chi connectivity index (χ4v) is 3.78. The third kappa shape index (κ3) is 1.52. The van der Waals surface area contributed by atoms with Crippen LogP contribution in [0.25, 0.3) is 0 Å². The SMILES string of the molecule is CC1CCCC2(CO)CCCCC12. The van der Waals surface area contributed by atoms with Crippen LogP contribution in [0.3, 0.4) is 0 Å². The molecule has 0 radical (unpaired) electrons. The van der Waals surface area contributed by atoms with Crippen LogP contribution in [0.2, 0.25) is 0 Å². The highest BCUT2D eigenvalue weighted by Gasteiger charge is 2.44. The summed E-state index contributed by atoms with van der Waals surface area (Å²) in [5, 5.41) is 9.59. The molecule has 0 aromatic carbocycles. The summed E-state index contributed by atoms with van der Waals surface area (Å²) < 4.78 is 0. The Labute approximate surface area is 81.5 Å². The van der Waals surface area contributed by atoms with Crippen molar-refractivity contribution in [3.05, 3.63) is 0 Å². The molecule has 0 amide bonds. The maximum atomic E-state index is 9.59. The molecule has 0 heterocycles. The van der Waals surface area contributed by atoms with Crippen molar-refractivity contribution < 1.29 is 5.11 Å². The number of aliphatic hydroxyl groups excluding tert-OH is 1. The van der Waals surface area contributed by atoms with Crippen LogP contribution in [0.15, 0.2) is 0 Å². The highest BCUT2D eigenvalue weighted by atomic mass is 16.3. The Balaban J connectivity index is 2.16. The van der Waals surface area contributed by atoms with E-state index in [1.165, 1.54) is 44.9 Å². The zero-order valence-corrected chi connectivity index (χ0v) is 8.76. The molecular weight excluding hydrogens is 160 g/mol. The van der Waals surface area contributed by atoms with Gasteiger partial charge in [0, 0.05) is 6.61 Å². The first-order chi connectivity index (χ1) is 6.28. The van der Waals surface area contributed by atoms with Gasteiger partial charge in [-0.25, -0.2) is 0 Å². The van der Waals surface area contributed by atoms with Crippen LogP contribution >= 0.6 is 0 Å². The van der Waals surface area contributed by atoms with Gasteiger partial charge in [0.1, 0.15) is 0 Å². The molecule has 1 N–H and O–H groups in total. The van der Waals surface area contributed by atoms with E-state index in [9.17, 15) is 5.11 Å². The topological polar surface area (TPSA) is 20.2 Å². The zero-order chi connectivity index (χ0) is 9.31. The molecule has 1 nitrogen and oxygen atoms in total. The monoisotopic (exact) mass is 182 g/mol. The van der Waals surface area contributed by atoms with Gasteiger partial charge < -0.3 is 5.11 Å². The minimum Gasteiger partial charge on any atom is -0.396 e. The van der Waals surface area contributed by atoms with Gasteiger partial charge in [0.05, 0.1) is 0 Å². The number of aliphatic hydroxyl groups is 1. The third-order valence-electron chi connectivity index (χ3n) is 4.56. The van der Waals surface area contributed by atoms with Gasteiger partial charge in [0.2, 0.25) is 0 Å². The maximum absolute atomic E-state index is 9.59. The van der Waals surface area contributed by atoms with Crippen molar-refractivity contribution in [1.82, 2.24) is 0 Å². The van der Waals surface area contributed by atoms with E-state index in [4.69, 9.17) is 0 Å². The van der Waals surface area contributed by atoms with Crippen molar-refractivity contribution in [2.24, 2.45) is 17.3 Å². The first kappa shape index (κ1) is 9.51. The van der Waals surface area contributed by atoms with Crippen molar-refractivity contribution in [3.8, 4) is 0 Å². The van der Waals surface area contributed by atoms with Gasteiger partial charge in [-0.15, -0.1) is 0 Å². The first-order valence-corrected chi connectivity index (χ1v) is 5.89. The summed E-state index contributed by atoms with van der Waals surface area (Å²) in [6, 6.07) is 0. The maximum Gasteiger partial charge on any atom is 0.0490 e. The number of rotatable bonds is 1. The molecule has 76 valence electrons. The lowest BCUT2D eigenvalue weighted by Crippen LogP contribution is -2.43. The van der Waals surface area contributed by atoms with Crippen molar-refractivity contribution in [2.75, 3.05) is 6.61 Å². The number of fused-ring (bicyclic) bond motifs is 1. The average Bonchev–Trinajstić information content (AvgIpc) is 2.18. The second-order valence-corrected chi connectivity index (χ2v) is 5.24. The molecule has 2 aliphatic carbocycles. The van der Waals surface area contributed by atoms with Crippen LogP contribution in [-0.2, 0) is 0 Å². The Morgan fingerprint density at radius 2 is 1.92 bits per heavy atom. The molecule has 3 atom stereocenters. The summed E-state index contributed by atoms with van der Waals surface area (Å²) in [5.74, 6) is 1.70. The van der Waals surface area contributed by atoms with Gasteiger partial charge in [-0.05, 0) is 36.5 Å². The van der Waals surface area contributed by atoms with E-state index >= 15 is 0 Å². The molecule has 0 saturated heterocycles. The minimum absolute atomic E-state index is 0.343. The molecule has 0 aromatic rings. The molecule has 2 aliphatic rings. The van der Waals surface area contributed by atoms with Crippen LogP contribution < -0.4 is 0 Å². The van der Waals surface area contributed by atoms with E-state index in [1.54, 1.807) is 0 Å². The average molecular weight is 182 g/mol. The van der Waals surface area contributed by atoms with Gasteiger partial charge in [0.25, 0.3) is 0 Å². The van der Waals surface area contributed by atoms with Crippen LogP contribution in [-0.4, -0.2) is 11.7 Å². The summed E-state index contributed by atoms with van der Waals surface area (Å²) >= 11 is 0. The van der Waals surface area contributed by atoms with Crippen molar-refractivity contribution >= 4 is 0 Å². The second kappa shape index (κ2) is 3.61. The molecule has 2 saturated carbocycles. The van der Waals surface area contributed by atoms with Crippen molar-refractivity contribution in [1.29, 1.82) is 0 Å². The molecule has 2 rings (SSSR count). The van der Waals surface area contributed by atoms with Gasteiger partial charge in [-0.2, -0.15) is 0 Å². The summed E-state index contributed by atoms with van der Waals surface area (Å²) in [4.78, 5) is 0. The van der Waals surface area contributed by atoms with Gasteiger partial charge in [-0.1, -0.05) is 32.6 Å². The molecule has 0 aliphatic heterocycles. The van der Waals surface area contributed by atoms with Gasteiger partial charge in [0.15, 0.2) is 0 Å². The molecule has 1 heteroatoms. The molecule has 13 heavy (non-hydrogen) atoms. The minimum atomic E-state index is 0.343. The standard InChI is InChI=1S/C12H22O/c1-10-5-4-8-12(9-13)7-3-2-6-11(10)12/h10-11,13H,2-9H2,1H3. The zero-order valence-electron chi connectivity index (χ0n) is 8.76. The van der Waals surface area contributed by atoms with E-state index in [2.05, 4.69) is 6.92 Å². The predicted octanol–water partition coefficient (Wildman–Crippen LogP) is 2.98. The molecule has 0 spiro atoms. The Morgan fingerprint density at radius 1 is 1.15 bits per heavy atom. The predicted molar refractivity (Wildman–Crippen MR) is 54.5 cm³/mol. The van der Waals surface area contributed by atoms with Crippen LogP contribution in [0.5, 0.6) is 0 Å². The molecule has 3 unspecified atom stereocenters. The van der Waals surface area contributed by atoms with E-state index in [0.29, 0.717) is 12.0 Å². The largest absolute Gasteiger partial charge is 0.396 e. The van der Waals surface area contributed by atoms with E-state index < -0.39 is 0 Å². The summed E-state index contributed by atoms with van der Waals surface area (Å²) in [5.41, 5.74) is 0.343. The second-order valence-electron chi connectivity index (χ2n) is 5.24. The molecule has 0 aromatic heterocycles. The molecular formula is C12H22O. The number of hydrogen-bond acceptors (Lipinski definition) is 1. The van der Waals surface area contributed by atoms with Gasteiger partial charge >= 0.3 is 0 Å². The fraction of sp³-hybridized carbons (Fsp3) is 1.00. The quantitative estimate of drug-likeness (QED) is 0.661. The molecule has 0 bridgehead atoms. The van der Waals surface area contributed by atoms with E-state index in [0.717, 1.165) is 11.8 Å². The van der Waals surface area contributed by atoms with Crippen molar-refractivity contribution in [3.63, 3.8) is 0 Å². The lowest BCUT2D eigenvalue weighted by Gasteiger charge is -2.49.